The monoisotopic (exact) mass is 349 g/mol. The first-order valence-corrected chi connectivity index (χ1v) is 8.60. The van der Waals surface area contributed by atoms with Gasteiger partial charge in [0.2, 0.25) is 0 Å². The van der Waals surface area contributed by atoms with Gasteiger partial charge in [-0.3, -0.25) is 18.7 Å². The summed E-state index contributed by atoms with van der Waals surface area (Å²) in [6, 6.07) is 1.16. The lowest BCUT2D eigenvalue weighted by Crippen LogP contribution is -2.41. The Morgan fingerprint density at radius 2 is 1.96 bits per heavy atom. The van der Waals surface area contributed by atoms with Crippen LogP contribution < -0.4 is 21.5 Å². The molecular formula is C15H19N5O3S. The van der Waals surface area contributed by atoms with Crippen LogP contribution in [0.15, 0.2) is 21.0 Å². The molecule has 1 amide bonds. The van der Waals surface area contributed by atoms with Crippen LogP contribution in [0.4, 0.5) is 5.13 Å². The van der Waals surface area contributed by atoms with E-state index in [9.17, 15) is 14.4 Å². The number of hydrogen-bond donors (Lipinski definition) is 1. The van der Waals surface area contributed by atoms with Crippen LogP contribution in [0, 0.1) is 0 Å². The Morgan fingerprint density at radius 1 is 1.25 bits per heavy atom. The summed E-state index contributed by atoms with van der Waals surface area (Å²) in [5, 5.41) is 5.60. The Bertz CT molecular complexity index is 876. The first-order valence-electron chi connectivity index (χ1n) is 7.72. The number of nitrogens with zero attached hydrogens (tertiary/aromatic N) is 4. The number of nitrogens with one attached hydrogen (secondary N) is 1. The van der Waals surface area contributed by atoms with Gasteiger partial charge in [-0.2, -0.15) is 0 Å². The van der Waals surface area contributed by atoms with Crippen molar-refractivity contribution >= 4 is 22.4 Å². The van der Waals surface area contributed by atoms with Crippen molar-refractivity contribution in [3.63, 3.8) is 0 Å². The smallest absolute Gasteiger partial charge is 0.331 e. The summed E-state index contributed by atoms with van der Waals surface area (Å²) in [6.07, 6.45) is 2.37. The first-order chi connectivity index (χ1) is 11.5. The Balaban J connectivity index is 1.70. The van der Waals surface area contributed by atoms with E-state index in [0.29, 0.717) is 0 Å². The quantitative estimate of drug-likeness (QED) is 0.844. The number of thiazole rings is 1. The van der Waals surface area contributed by atoms with E-state index in [4.69, 9.17) is 0 Å². The third-order valence-electron chi connectivity index (χ3n) is 4.10. The number of amides is 1. The fourth-order valence-electron chi connectivity index (χ4n) is 2.64. The van der Waals surface area contributed by atoms with Gasteiger partial charge >= 0.3 is 5.69 Å². The number of aromatic nitrogens is 3. The van der Waals surface area contributed by atoms with E-state index in [1.54, 1.807) is 11.3 Å². The average Bonchev–Trinajstić information content (AvgIpc) is 3.24. The highest BCUT2D eigenvalue weighted by molar-refractivity contribution is 7.13. The van der Waals surface area contributed by atoms with E-state index in [1.807, 2.05) is 5.38 Å². The molecule has 0 radical (unpaired) electrons. The highest BCUT2D eigenvalue weighted by Crippen LogP contribution is 2.24. The molecule has 2 aromatic heterocycles. The highest BCUT2D eigenvalue weighted by atomic mass is 32.1. The van der Waals surface area contributed by atoms with Crippen LogP contribution in [0.5, 0.6) is 0 Å². The van der Waals surface area contributed by atoms with Gasteiger partial charge in [-0.05, 0) is 12.8 Å². The standard InChI is InChI=1S/C15H19N5O3S/c1-18-11(7-12(21)19(2)15(18)23)13(22)16-8-10-9-24-14(17-10)20-5-3-4-6-20/h7,9H,3-6,8H2,1-2H3,(H,16,22). The molecule has 3 rings (SSSR count). The number of hydrogen-bond acceptors (Lipinski definition) is 6. The number of carbonyl (C=O) groups excluding carboxylic acids is 1. The zero-order chi connectivity index (χ0) is 17.3. The molecule has 0 spiro atoms. The van der Waals surface area contributed by atoms with Crippen molar-refractivity contribution in [2.24, 2.45) is 14.1 Å². The van der Waals surface area contributed by atoms with Crippen LogP contribution >= 0.6 is 11.3 Å². The summed E-state index contributed by atoms with van der Waals surface area (Å²) >= 11 is 1.56. The predicted octanol–water partition coefficient (Wildman–Crippen LogP) is 0.0707. The third kappa shape index (κ3) is 3.12. The van der Waals surface area contributed by atoms with Gasteiger partial charge < -0.3 is 10.2 Å². The lowest BCUT2D eigenvalue weighted by molar-refractivity contribution is 0.0940. The fourth-order valence-corrected chi connectivity index (χ4v) is 3.52. The van der Waals surface area contributed by atoms with Gasteiger partial charge in [0.15, 0.2) is 5.13 Å². The van der Waals surface area contributed by atoms with E-state index in [2.05, 4.69) is 15.2 Å². The van der Waals surface area contributed by atoms with Gasteiger partial charge in [-0.1, -0.05) is 0 Å². The number of anilines is 1. The molecule has 1 N–H and O–H groups in total. The molecule has 3 heterocycles. The van der Waals surface area contributed by atoms with Crippen LogP contribution in [-0.4, -0.2) is 33.1 Å². The van der Waals surface area contributed by atoms with Crippen LogP contribution in [0.3, 0.4) is 0 Å². The van der Waals surface area contributed by atoms with Crippen LogP contribution in [-0.2, 0) is 20.6 Å². The van der Waals surface area contributed by atoms with Crippen molar-refractivity contribution in [3.05, 3.63) is 43.7 Å². The van der Waals surface area contributed by atoms with Crippen molar-refractivity contribution in [1.82, 2.24) is 19.4 Å². The van der Waals surface area contributed by atoms with Crippen LogP contribution in [0.25, 0.3) is 0 Å². The molecule has 0 aromatic carbocycles. The third-order valence-corrected chi connectivity index (χ3v) is 5.06. The molecule has 2 aromatic rings. The zero-order valence-corrected chi connectivity index (χ0v) is 14.4. The van der Waals surface area contributed by atoms with E-state index >= 15 is 0 Å². The number of rotatable bonds is 4. The molecule has 24 heavy (non-hydrogen) atoms. The molecule has 0 aliphatic carbocycles. The molecule has 0 unspecified atom stereocenters. The highest BCUT2D eigenvalue weighted by Gasteiger charge is 2.17. The normalized spacial score (nSPS) is 14.2. The van der Waals surface area contributed by atoms with E-state index < -0.39 is 17.2 Å². The van der Waals surface area contributed by atoms with Crippen molar-refractivity contribution < 1.29 is 4.79 Å². The summed E-state index contributed by atoms with van der Waals surface area (Å²) < 4.78 is 2.12. The largest absolute Gasteiger partial charge is 0.348 e. The van der Waals surface area contributed by atoms with Gasteiger partial charge in [0, 0.05) is 38.6 Å². The van der Waals surface area contributed by atoms with Crippen LogP contribution in [0.1, 0.15) is 29.0 Å². The van der Waals surface area contributed by atoms with E-state index in [-0.39, 0.29) is 12.2 Å². The Kier molecular flexibility index (Phi) is 4.52. The molecule has 1 aliphatic heterocycles. The second-order valence-electron chi connectivity index (χ2n) is 5.77. The summed E-state index contributed by atoms with van der Waals surface area (Å²) in [5.74, 6) is -0.469. The minimum absolute atomic E-state index is 0.0399. The minimum atomic E-state index is -0.530. The second-order valence-corrected chi connectivity index (χ2v) is 6.60. The molecular weight excluding hydrogens is 330 g/mol. The molecule has 0 bridgehead atoms. The van der Waals surface area contributed by atoms with Gasteiger partial charge in [-0.25, -0.2) is 9.78 Å². The van der Waals surface area contributed by atoms with Gasteiger partial charge in [0.05, 0.1) is 12.2 Å². The predicted molar refractivity (Wildman–Crippen MR) is 91.7 cm³/mol. The molecule has 128 valence electrons. The maximum atomic E-state index is 12.3. The van der Waals surface area contributed by atoms with Crippen molar-refractivity contribution in [2.75, 3.05) is 18.0 Å². The summed E-state index contributed by atoms with van der Waals surface area (Å²) in [5.41, 5.74) is -0.229. The maximum Gasteiger partial charge on any atom is 0.331 e. The topological polar surface area (TPSA) is 89.2 Å². The van der Waals surface area contributed by atoms with Gasteiger partial charge in [-0.15, -0.1) is 11.3 Å². The first kappa shape index (κ1) is 16.4. The van der Waals surface area contributed by atoms with Crippen molar-refractivity contribution in [2.45, 2.75) is 19.4 Å². The Labute approximate surface area is 142 Å². The summed E-state index contributed by atoms with van der Waals surface area (Å²) in [4.78, 5) is 42.6. The molecule has 0 atom stereocenters. The Hall–Kier alpha value is -2.42. The molecule has 1 aliphatic rings. The van der Waals surface area contributed by atoms with E-state index in [1.165, 1.54) is 26.9 Å². The van der Waals surface area contributed by atoms with Gasteiger partial charge in [0.25, 0.3) is 11.5 Å². The maximum absolute atomic E-state index is 12.3. The molecule has 8 nitrogen and oxygen atoms in total. The van der Waals surface area contributed by atoms with Crippen molar-refractivity contribution in [1.29, 1.82) is 0 Å². The fraction of sp³-hybridized carbons (Fsp3) is 0.467. The van der Waals surface area contributed by atoms with Crippen molar-refractivity contribution in [3.8, 4) is 0 Å². The van der Waals surface area contributed by atoms with E-state index in [0.717, 1.165) is 39.1 Å². The zero-order valence-electron chi connectivity index (χ0n) is 13.6. The molecule has 0 saturated carbocycles. The minimum Gasteiger partial charge on any atom is -0.348 e. The molecule has 1 saturated heterocycles. The Morgan fingerprint density at radius 3 is 2.67 bits per heavy atom. The van der Waals surface area contributed by atoms with Crippen LogP contribution in [0.2, 0.25) is 0 Å². The second kappa shape index (κ2) is 6.60. The average molecular weight is 349 g/mol. The van der Waals surface area contributed by atoms with Gasteiger partial charge in [0.1, 0.15) is 5.69 Å². The lowest BCUT2D eigenvalue weighted by Gasteiger charge is -2.12. The molecule has 9 heteroatoms. The SMILES string of the molecule is Cn1c(C(=O)NCc2csc(N3CCCC3)n2)cc(=O)n(C)c1=O. The summed E-state index contributed by atoms with van der Waals surface area (Å²) in [7, 11) is 2.84. The lowest BCUT2D eigenvalue weighted by atomic mass is 10.3. The summed E-state index contributed by atoms with van der Waals surface area (Å²) in [6.45, 7) is 2.30. The molecule has 1 fully saturated rings. The number of carbonyl (C=O) groups is 1.